The van der Waals surface area contributed by atoms with E-state index in [1.165, 1.54) is 0 Å². The van der Waals surface area contributed by atoms with Crippen molar-refractivity contribution in [1.82, 2.24) is 15.0 Å². The van der Waals surface area contributed by atoms with Crippen molar-refractivity contribution in [2.75, 3.05) is 6.61 Å². The van der Waals surface area contributed by atoms with Crippen molar-refractivity contribution in [3.8, 4) is 17.6 Å². The summed E-state index contributed by atoms with van der Waals surface area (Å²) in [6, 6.07) is 11.4. The maximum atomic E-state index is 5.39. The Bertz CT molecular complexity index is 817. The van der Waals surface area contributed by atoms with Gasteiger partial charge in [0.15, 0.2) is 5.65 Å². The fourth-order valence-electron chi connectivity index (χ4n) is 1.85. The van der Waals surface area contributed by atoms with Crippen LogP contribution in [0.25, 0.3) is 11.2 Å². The molecule has 0 amide bonds. The quantitative estimate of drug-likeness (QED) is 0.675. The molecule has 0 atom stereocenters. The van der Waals surface area contributed by atoms with E-state index in [4.69, 9.17) is 4.74 Å². The van der Waals surface area contributed by atoms with Gasteiger partial charge in [-0.1, -0.05) is 5.92 Å². The van der Waals surface area contributed by atoms with Crippen LogP contribution in [0.5, 0.6) is 5.75 Å². The molecule has 2 aromatic heterocycles. The zero-order chi connectivity index (χ0) is 14.5. The van der Waals surface area contributed by atoms with Crippen molar-refractivity contribution in [3.63, 3.8) is 0 Å². The van der Waals surface area contributed by atoms with Gasteiger partial charge in [-0.25, -0.2) is 15.0 Å². The van der Waals surface area contributed by atoms with E-state index in [0.717, 1.165) is 16.8 Å². The van der Waals surface area contributed by atoms with Crippen LogP contribution in [0, 0.1) is 11.8 Å². The first-order valence-electron chi connectivity index (χ1n) is 6.68. The Morgan fingerprint density at radius 2 is 1.90 bits per heavy atom. The van der Waals surface area contributed by atoms with Crippen molar-refractivity contribution < 1.29 is 4.74 Å². The second kappa shape index (κ2) is 6.02. The van der Waals surface area contributed by atoms with Crippen LogP contribution in [0.2, 0.25) is 0 Å². The average molecular weight is 275 g/mol. The van der Waals surface area contributed by atoms with Gasteiger partial charge in [0, 0.05) is 11.8 Å². The molecule has 4 heteroatoms. The Balaban J connectivity index is 1.84. The van der Waals surface area contributed by atoms with E-state index >= 15 is 0 Å². The van der Waals surface area contributed by atoms with Crippen LogP contribution >= 0.6 is 0 Å². The lowest BCUT2D eigenvalue weighted by Gasteiger charge is -2.01. The normalized spacial score (nSPS) is 9.95. The zero-order valence-corrected chi connectivity index (χ0v) is 11.6. The third-order valence-electron chi connectivity index (χ3n) is 2.82. The van der Waals surface area contributed by atoms with E-state index in [0.29, 0.717) is 17.9 Å². The van der Waals surface area contributed by atoms with Gasteiger partial charge in [0.05, 0.1) is 12.8 Å². The molecule has 3 rings (SSSR count). The molecule has 4 nitrogen and oxygen atoms in total. The van der Waals surface area contributed by atoms with E-state index in [1.807, 2.05) is 43.3 Å². The number of hydrogen-bond donors (Lipinski definition) is 0. The number of rotatable bonds is 2. The molecule has 0 saturated heterocycles. The molecule has 0 N–H and O–H groups in total. The van der Waals surface area contributed by atoms with Crippen LogP contribution in [0.1, 0.15) is 18.2 Å². The standard InChI is InChI=1S/C17H13N3O/c1-2-21-15-9-6-13(7-10-15)5-8-14-12-19-16-4-3-11-18-17(16)20-14/h3-4,6-7,9-12H,2H2,1H3. The molecule has 0 aliphatic heterocycles. The Hall–Kier alpha value is -2.93. The highest BCUT2D eigenvalue weighted by Gasteiger charge is 1.97. The molecular formula is C17H13N3O. The van der Waals surface area contributed by atoms with Crippen molar-refractivity contribution in [2.24, 2.45) is 0 Å². The molecule has 21 heavy (non-hydrogen) atoms. The Labute approximate surface area is 122 Å². The minimum absolute atomic E-state index is 0.607. The first kappa shape index (κ1) is 13.1. The molecule has 0 spiro atoms. The van der Waals surface area contributed by atoms with Gasteiger partial charge >= 0.3 is 0 Å². The molecule has 0 bridgehead atoms. The minimum Gasteiger partial charge on any atom is -0.494 e. The van der Waals surface area contributed by atoms with Crippen LogP contribution in [0.4, 0.5) is 0 Å². The molecule has 2 heterocycles. The van der Waals surface area contributed by atoms with E-state index in [9.17, 15) is 0 Å². The first-order valence-corrected chi connectivity index (χ1v) is 6.68. The fraction of sp³-hybridized carbons (Fsp3) is 0.118. The average Bonchev–Trinajstić information content (AvgIpc) is 2.54. The fourth-order valence-corrected chi connectivity index (χ4v) is 1.85. The lowest BCUT2D eigenvalue weighted by atomic mass is 10.2. The number of hydrogen-bond acceptors (Lipinski definition) is 4. The molecular weight excluding hydrogens is 262 g/mol. The van der Waals surface area contributed by atoms with Crippen LogP contribution < -0.4 is 4.74 Å². The maximum Gasteiger partial charge on any atom is 0.179 e. The summed E-state index contributed by atoms with van der Waals surface area (Å²) >= 11 is 0. The van der Waals surface area contributed by atoms with Gasteiger partial charge in [-0.2, -0.15) is 0 Å². The molecule has 0 radical (unpaired) electrons. The van der Waals surface area contributed by atoms with Gasteiger partial charge < -0.3 is 4.74 Å². The second-order valence-electron chi connectivity index (χ2n) is 4.31. The number of fused-ring (bicyclic) bond motifs is 1. The minimum atomic E-state index is 0.607. The van der Waals surface area contributed by atoms with Crippen LogP contribution in [0.3, 0.4) is 0 Å². The number of ether oxygens (including phenoxy) is 1. The third kappa shape index (κ3) is 3.15. The van der Waals surface area contributed by atoms with Gasteiger partial charge in [-0.3, -0.25) is 0 Å². The Morgan fingerprint density at radius 1 is 1.05 bits per heavy atom. The summed E-state index contributed by atoms with van der Waals surface area (Å²) in [6.45, 7) is 2.62. The van der Waals surface area contributed by atoms with Gasteiger partial charge in [0.2, 0.25) is 0 Å². The summed E-state index contributed by atoms with van der Waals surface area (Å²) in [7, 11) is 0. The van der Waals surface area contributed by atoms with Crippen LogP contribution in [-0.4, -0.2) is 21.6 Å². The predicted molar refractivity (Wildman–Crippen MR) is 80.9 cm³/mol. The van der Waals surface area contributed by atoms with Crippen LogP contribution in [0.15, 0.2) is 48.8 Å². The lowest BCUT2D eigenvalue weighted by Crippen LogP contribution is -1.91. The van der Waals surface area contributed by atoms with Gasteiger partial charge in [0.25, 0.3) is 0 Å². The summed E-state index contributed by atoms with van der Waals surface area (Å²) < 4.78 is 5.39. The highest BCUT2D eigenvalue weighted by Crippen LogP contribution is 2.11. The number of aromatic nitrogens is 3. The molecule has 0 fully saturated rings. The largest absolute Gasteiger partial charge is 0.494 e. The molecule has 0 aliphatic carbocycles. The monoisotopic (exact) mass is 275 g/mol. The third-order valence-corrected chi connectivity index (χ3v) is 2.82. The molecule has 102 valence electrons. The summed E-state index contributed by atoms with van der Waals surface area (Å²) in [5.74, 6) is 6.90. The van der Waals surface area contributed by atoms with Crippen LogP contribution in [-0.2, 0) is 0 Å². The molecule has 1 aromatic carbocycles. The Morgan fingerprint density at radius 3 is 2.71 bits per heavy atom. The maximum absolute atomic E-state index is 5.39. The van der Waals surface area contributed by atoms with E-state index in [-0.39, 0.29) is 0 Å². The van der Waals surface area contributed by atoms with Gasteiger partial charge in [-0.15, -0.1) is 0 Å². The highest BCUT2D eigenvalue weighted by atomic mass is 16.5. The van der Waals surface area contributed by atoms with E-state index in [1.54, 1.807) is 12.4 Å². The molecule has 3 aromatic rings. The highest BCUT2D eigenvalue weighted by molar-refractivity contribution is 5.69. The van der Waals surface area contributed by atoms with Crippen molar-refractivity contribution in [1.29, 1.82) is 0 Å². The number of benzene rings is 1. The molecule has 0 saturated carbocycles. The smallest absolute Gasteiger partial charge is 0.179 e. The predicted octanol–water partition coefficient (Wildman–Crippen LogP) is 2.82. The number of pyridine rings is 1. The second-order valence-corrected chi connectivity index (χ2v) is 4.31. The first-order chi connectivity index (χ1) is 10.3. The van der Waals surface area contributed by atoms with Crippen molar-refractivity contribution in [2.45, 2.75) is 6.92 Å². The lowest BCUT2D eigenvalue weighted by molar-refractivity contribution is 0.340. The summed E-state index contributed by atoms with van der Waals surface area (Å²) in [6.07, 6.45) is 3.35. The summed E-state index contributed by atoms with van der Waals surface area (Å²) in [5, 5.41) is 0. The molecule has 0 aliphatic rings. The van der Waals surface area contributed by atoms with Gasteiger partial charge in [0.1, 0.15) is 17.0 Å². The van der Waals surface area contributed by atoms with E-state index in [2.05, 4.69) is 26.8 Å². The SMILES string of the molecule is CCOc1ccc(C#Cc2cnc3cccnc3n2)cc1. The summed E-state index contributed by atoms with van der Waals surface area (Å²) in [4.78, 5) is 12.8. The van der Waals surface area contributed by atoms with Crippen molar-refractivity contribution >= 4 is 11.2 Å². The van der Waals surface area contributed by atoms with E-state index < -0.39 is 0 Å². The zero-order valence-electron chi connectivity index (χ0n) is 11.6. The Kier molecular flexibility index (Phi) is 3.74. The summed E-state index contributed by atoms with van der Waals surface area (Å²) in [5.41, 5.74) is 2.89. The van der Waals surface area contributed by atoms with Crippen molar-refractivity contribution in [3.05, 3.63) is 60.0 Å². The van der Waals surface area contributed by atoms with Gasteiger partial charge in [-0.05, 0) is 49.2 Å². The molecule has 0 unspecified atom stereocenters. The number of nitrogens with zero attached hydrogens (tertiary/aromatic N) is 3. The topological polar surface area (TPSA) is 47.9 Å².